The third kappa shape index (κ3) is 3.10. The Labute approximate surface area is 108 Å². The molecule has 2 atom stereocenters. The van der Waals surface area contributed by atoms with E-state index in [4.69, 9.17) is 5.73 Å². The number of aryl methyl sites for hydroxylation is 2. The Morgan fingerprint density at radius 3 is 3.06 bits per heavy atom. The lowest BCUT2D eigenvalue weighted by atomic mass is 10.0. The van der Waals surface area contributed by atoms with E-state index in [0.717, 1.165) is 37.8 Å². The average molecular weight is 250 g/mol. The van der Waals surface area contributed by atoms with E-state index < -0.39 is 0 Å². The smallest absolute Gasteiger partial charge is 0.224 e. The number of aromatic amines is 1. The van der Waals surface area contributed by atoms with Crippen LogP contribution in [0.25, 0.3) is 0 Å². The summed E-state index contributed by atoms with van der Waals surface area (Å²) in [5.74, 6) is 0.157. The van der Waals surface area contributed by atoms with Gasteiger partial charge in [-0.1, -0.05) is 6.42 Å². The van der Waals surface area contributed by atoms with Crippen molar-refractivity contribution in [1.29, 1.82) is 0 Å². The minimum Gasteiger partial charge on any atom is -0.356 e. The number of carbonyl (C=O) groups is 1. The summed E-state index contributed by atoms with van der Waals surface area (Å²) >= 11 is 0. The molecule has 0 radical (unpaired) electrons. The number of rotatable bonds is 5. The maximum Gasteiger partial charge on any atom is 0.224 e. The van der Waals surface area contributed by atoms with Crippen LogP contribution in [0.4, 0.5) is 0 Å². The van der Waals surface area contributed by atoms with Crippen molar-refractivity contribution in [3.8, 4) is 0 Å². The third-order valence-electron chi connectivity index (χ3n) is 3.76. The predicted octanol–water partition coefficient (Wildman–Crippen LogP) is 0.894. The summed E-state index contributed by atoms with van der Waals surface area (Å²) in [7, 11) is 0. The summed E-state index contributed by atoms with van der Waals surface area (Å²) in [5, 5.41) is 9.88. The van der Waals surface area contributed by atoms with E-state index in [0.29, 0.717) is 6.54 Å². The van der Waals surface area contributed by atoms with Crippen LogP contribution in [0.3, 0.4) is 0 Å². The Morgan fingerprint density at radius 1 is 1.61 bits per heavy atom. The van der Waals surface area contributed by atoms with Crippen LogP contribution in [-0.4, -0.2) is 28.7 Å². The Balaban J connectivity index is 1.66. The quantitative estimate of drug-likeness (QED) is 0.679. The van der Waals surface area contributed by atoms with Crippen LogP contribution in [-0.2, 0) is 11.2 Å². The van der Waals surface area contributed by atoms with Crippen LogP contribution < -0.4 is 11.1 Å². The van der Waals surface area contributed by atoms with Gasteiger partial charge in [0.15, 0.2) is 0 Å². The number of nitrogens with zero attached hydrogens (tertiary/aromatic N) is 1. The Bertz CT molecular complexity index is 401. The standard InChI is InChI=1S/C13H22N4O/c1-9-10(8-16-17-9)4-3-7-15-13(18)11-5-2-6-12(11)14/h8,11-12H,2-7,14H2,1H3,(H,15,18)(H,16,17). The van der Waals surface area contributed by atoms with E-state index in [1.807, 2.05) is 13.1 Å². The molecule has 5 heteroatoms. The van der Waals surface area contributed by atoms with Gasteiger partial charge in [0, 0.05) is 18.3 Å². The van der Waals surface area contributed by atoms with Gasteiger partial charge in [-0.25, -0.2) is 0 Å². The molecule has 2 unspecified atom stereocenters. The highest BCUT2D eigenvalue weighted by Gasteiger charge is 2.29. The Hall–Kier alpha value is -1.36. The molecule has 0 aromatic carbocycles. The van der Waals surface area contributed by atoms with E-state index in [2.05, 4.69) is 15.5 Å². The average Bonchev–Trinajstić information content (AvgIpc) is 2.94. The maximum absolute atomic E-state index is 11.9. The fraction of sp³-hybridized carbons (Fsp3) is 0.692. The normalized spacial score (nSPS) is 23.2. The van der Waals surface area contributed by atoms with Crippen molar-refractivity contribution >= 4 is 5.91 Å². The first-order valence-corrected chi connectivity index (χ1v) is 6.70. The highest BCUT2D eigenvalue weighted by molar-refractivity contribution is 5.79. The zero-order chi connectivity index (χ0) is 13.0. The molecule has 1 saturated carbocycles. The monoisotopic (exact) mass is 250 g/mol. The largest absolute Gasteiger partial charge is 0.356 e. The van der Waals surface area contributed by atoms with Gasteiger partial charge < -0.3 is 11.1 Å². The molecule has 4 N–H and O–H groups in total. The topological polar surface area (TPSA) is 83.8 Å². The molecule has 1 aromatic heterocycles. The molecule has 0 spiro atoms. The molecule has 1 aromatic rings. The fourth-order valence-electron chi connectivity index (χ4n) is 2.56. The number of nitrogens with one attached hydrogen (secondary N) is 2. The van der Waals surface area contributed by atoms with E-state index in [1.54, 1.807) is 0 Å². The number of amides is 1. The molecule has 18 heavy (non-hydrogen) atoms. The van der Waals surface area contributed by atoms with Crippen molar-refractivity contribution < 1.29 is 4.79 Å². The summed E-state index contributed by atoms with van der Waals surface area (Å²) in [6, 6.07) is 0.0566. The van der Waals surface area contributed by atoms with Crippen LogP contribution in [0.2, 0.25) is 0 Å². The maximum atomic E-state index is 11.9. The molecule has 0 saturated heterocycles. The number of carbonyl (C=O) groups excluding carboxylic acids is 1. The van der Waals surface area contributed by atoms with Crippen molar-refractivity contribution in [2.75, 3.05) is 6.54 Å². The van der Waals surface area contributed by atoms with Gasteiger partial charge >= 0.3 is 0 Å². The van der Waals surface area contributed by atoms with Gasteiger partial charge in [-0.15, -0.1) is 0 Å². The second-order valence-electron chi connectivity index (χ2n) is 5.12. The first kappa shape index (κ1) is 13.1. The van der Waals surface area contributed by atoms with Crippen molar-refractivity contribution in [2.24, 2.45) is 11.7 Å². The van der Waals surface area contributed by atoms with Crippen LogP contribution in [0, 0.1) is 12.8 Å². The number of aromatic nitrogens is 2. The molecular weight excluding hydrogens is 228 g/mol. The predicted molar refractivity (Wildman–Crippen MR) is 70.0 cm³/mol. The minimum atomic E-state index is 0.0284. The van der Waals surface area contributed by atoms with Gasteiger partial charge in [0.2, 0.25) is 5.91 Å². The summed E-state index contributed by atoms with van der Waals surface area (Å²) in [6.45, 7) is 2.73. The van der Waals surface area contributed by atoms with E-state index >= 15 is 0 Å². The molecule has 1 aliphatic rings. The number of hydrogen-bond acceptors (Lipinski definition) is 3. The zero-order valence-corrected chi connectivity index (χ0v) is 10.9. The van der Waals surface area contributed by atoms with Crippen molar-refractivity contribution in [1.82, 2.24) is 15.5 Å². The lowest BCUT2D eigenvalue weighted by Gasteiger charge is -2.14. The molecule has 1 fully saturated rings. The van der Waals surface area contributed by atoms with Crippen LogP contribution >= 0.6 is 0 Å². The summed E-state index contributed by atoms with van der Waals surface area (Å²) < 4.78 is 0. The second kappa shape index (κ2) is 6.00. The molecule has 1 aliphatic carbocycles. The van der Waals surface area contributed by atoms with Gasteiger partial charge in [0.05, 0.1) is 12.1 Å². The number of hydrogen-bond donors (Lipinski definition) is 3. The van der Waals surface area contributed by atoms with E-state index in [9.17, 15) is 4.79 Å². The van der Waals surface area contributed by atoms with E-state index in [-0.39, 0.29) is 17.9 Å². The van der Waals surface area contributed by atoms with Crippen LogP contribution in [0.15, 0.2) is 6.20 Å². The second-order valence-corrected chi connectivity index (χ2v) is 5.12. The SMILES string of the molecule is Cc1[nH]ncc1CCCNC(=O)C1CCCC1N. The molecule has 2 rings (SSSR count). The molecule has 0 bridgehead atoms. The lowest BCUT2D eigenvalue weighted by Crippen LogP contribution is -2.39. The Kier molecular flexibility index (Phi) is 4.36. The molecule has 5 nitrogen and oxygen atoms in total. The molecular formula is C13H22N4O. The van der Waals surface area contributed by atoms with Gasteiger partial charge in [0.1, 0.15) is 0 Å². The highest BCUT2D eigenvalue weighted by atomic mass is 16.1. The summed E-state index contributed by atoms with van der Waals surface area (Å²) in [6.07, 6.45) is 6.73. The van der Waals surface area contributed by atoms with Crippen LogP contribution in [0.5, 0.6) is 0 Å². The van der Waals surface area contributed by atoms with Gasteiger partial charge in [-0.2, -0.15) is 5.10 Å². The van der Waals surface area contributed by atoms with Gasteiger partial charge in [0.25, 0.3) is 0 Å². The van der Waals surface area contributed by atoms with Gasteiger partial charge in [-0.05, 0) is 38.2 Å². The van der Waals surface area contributed by atoms with Crippen molar-refractivity contribution in [3.63, 3.8) is 0 Å². The molecule has 1 amide bonds. The Morgan fingerprint density at radius 2 is 2.44 bits per heavy atom. The fourth-order valence-corrected chi connectivity index (χ4v) is 2.56. The third-order valence-corrected chi connectivity index (χ3v) is 3.76. The van der Waals surface area contributed by atoms with Gasteiger partial charge in [-0.3, -0.25) is 9.89 Å². The molecule has 0 aliphatic heterocycles. The van der Waals surface area contributed by atoms with E-state index in [1.165, 1.54) is 5.56 Å². The van der Waals surface area contributed by atoms with Crippen molar-refractivity contribution in [3.05, 3.63) is 17.5 Å². The minimum absolute atomic E-state index is 0.0284. The molecule has 1 heterocycles. The molecule has 100 valence electrons. The zero-order valence-electron chi connectivity index (χ0n) is 10.9. The van der Waals surface area contributed by atoms with Crippen molar-refractivity contribution in [2.45, 2.75) is 45.1 Å². The first-order chi connectivity index (χ1) is 8.68. The van der Waals surface area contributed by atoms with Crippen LogP contribution in [0.1, 0.15) is 36.9 Å². The lowest BCUT2D eigenvalue weighted by molar-refractivity contribution is -0.125. The number of nitrogens with two attached hydrogens (primary N) is 1. The summed E-state index contributed by atoms with van der Waals surface area (Å²) in [5.41, 5.74) is 8.24. The first-order valence-electron chi connectivity index (χ1n) is 6.70. The highest BCUT2D eigenvalue weighted by Crippen LogP contribution is 2.23. The summed E-state index contributed by atoms with van der Waals surface area (Å²) in [4.78, 5) is 11.9. The number of H-pyrrole nitrogens is 1.